The summed E-state index contributed by atoms with van der Waals surface area (Å²) in [6.45, 7) is 0. The molecule has 4 rings (SSSR count). The Morgan fingerprint density at radius 1 is 1.20 bits per heavy atom. The summed E-state index contributed by atoms with van der Waals surface area (Å²) in [5, 5.41) is 9.12. The zero-order chi connectivity index (χ0) is 13.5. The van der Waals surface area contributed by atoms with E-state index in [1.165, 1.54) is 6.33 Å². The molecule has 0 unspecified atom stereocenters. The summed E-state index contributed by atoms with van der Waals surface area (Å²) in [5.41, 5.74) is 1.72. The maximum atomic E-state index is 4.60. The van der Waals surface area contributed by atoms with Gasteiger partial charge in [-0.15, -0.1) is 0 Å². The molecule has 0 amide bonds. The molecule has 4 aromatic rings. The van der Waals surface area contributed by atoms with Crippen molar-refractivity contribution in [2.45, 2.75) is 0 Å². The Hall–Kier alpha value is -2.54. The maximum Gasteiger partial charge on any atom is 0.213 e. The lowest BCUT2D eigenvalue weighted by Gasteiger charge is -2.00. The molecule has 0 saturated carbocycles. The van der Waals surface area contributed by atoms with Crippen LogP contribution in [0.3, 0.4) is 0 Å². The molecule has 0 radical (unpaired) electrons. The van der Waals surface area contributed by atoms with Gasteiger partial charge in [0.05, 0.1) is 21.8 Å². The summed E-state index contributed by atoms with van der Waals surface area (Å²) in [6, 6.07) is 8.03. The van der Waals surface area contributed by atoms with E-state index in [0.717, 1.165) is 32.2 Å². The zero-order valence-corrected chi connectivity index (χ0v) is 11.4. The topological polar surface area (TPSA) is 68.5 Å². The highest BCUT2D eigenvalue weighted by atomic mass is 32.1. The molecule has 0 aliphatic carbocycles. The molecule has 0 saturated heterocycles. The lowest BCUT2D eigenvalue weighted by atomic mass is 10.3. The van der Waals surface area contributed by atoms with Crippen LogP contribution in [0, 0.1) is 0 Å². The molecule has 3 heterocycles. The molecule has 20 heavy (non-hydrogen) atoms. The van der Waals surface area contributed by atoms with E-state index in [4.69, 9.17) is 0 Å². The van der Waals surface area contributed by atoms with Crippen molar-refractivity contribution < 1.29 is 0 Å². The average molecular weight is 282 g/mol. The SMILES string of the molecule is CNc1ncnc2c1cnn2-c1nc2ccccc2s1. The van der Waals surface area contributed by atoms with Crippen LogP contribution in [0.1, 0.15) is 0 Å². The van der Waals surface area contributed by atoms with Gasteiger partial charge in [-0.3, -0.25) is 0 Å². The minimum absolute atomic E-state index is 0.753. The van der Waals surface area contributed by atoms with Gasteiger partial charge in [0.15, 0.2) is 5.65 Å². The van der Waals surface area contributed by atoms with Gasteiger partial charge in [-0.25, -0.2) is 15.0 Å². The number of para-hydroxylation sites is 1. The van der Waals surface area contributed by atoms with Crippen LogP contribution in [0.25, 0.3) is 26.4 Å². The van der Waals surface area contributed by atoms with Crippen LogP contribution in [0.5, 0.6) is 0 Å². The van der Waals surface area contributed by atoms with Crippen LogP contribution in [0.4, 0.5) is 5.82 Å². The van der Waals surface area contributed by atoms with Crippen LogP contribution in [-0.2, 0) is 0 Å². The fourth-order valence-electron chi connectivity index (χ4n) is 2.13. The number of benzene rings is 1. The molecule has 0 spiro atoms. The van der Waals surface area contributed by atoms with Crippen molar-refractivity contribution in [1.82, 2.24) is 24.7 Å². The number of hydrogen-bond acceptors (Lipinski definition) is 6. The smallest absolute Gasteiger partial charge is 0.213 e. The number of hydrogen-bond donors (Lipinski definition) is 1. The molecule has 98 valence electrons. The van der Waals surface area contributed by atoms with Gasteiger partial charge >= 0.3 is 0 Å². The van der Waals surface area contributed by atoms with Gasteiger partial charge in [-0.1, -0.05) is 23.5 Å². The molecule has 0 aliphatic rings. The van der Waals surface area contributed by atoms with E-state index < -0.39 is 0 Å². The second-order valence-electron chi connectivity index (χ2n) is 4.23. The predicted molar refractivity (Wildman–Crippen MR) is 79.4 cm³/mol. The lowest BCUT2D eigenvalue weighted by molar-refractivity contribution is 0.887. The minimum atomic E-state index is 0.753. The van der Waals surface area contributed by atoms with Crippen molar-refractivity contribution in [2.24, 2.45) is 0 Å². The van der Waals surface area contributed by atoms with E-state index in [9.17, 15) is 0 Å². The molecule has 7 heteroatoms. The van der Waals surface area contributed by atoms with Crippen LogP contribution in [0.15, 0.2) is 36.8 Å². The van der Waals surface area contributed by atoms with E-state index in [1.54, 1.807) is 22.2 Å². The van der Waals surface area contributed by atoms with Crippen molar-refractivity contribution in [2.75, 3.05) is 12.4 Å². The highest BCUT2D eigenvalue weighted by Crippen LogP contribution is 2.27. The highest BCUT2D eigenvalue weighted by molar-refractivity contribution is 7.20. The number of nitrogens with zero attached hydrogens (tertiary/aromatic N) is 5. The number of aromatic nitrogens is 5. The van der Waals surface area contributed by atoms with Gasteiger partial charge in [-0.05, 0) is 12.1 Å². The van der Waals surface area contributed by atoms with E-state index in [1.807, 2.05) is 25.2 Å². The molecular formula is C13H10N6S. The standard InChI is InChI=1S/C13H10N6S/c1-14-11-8-6-17-19(12(8)16-7-15-11)13-18-9-4-2-3-5-10(9)20-13/h2-7H,1H3,(H,14,15,16). The molecule has 0 bridgehead atoms. The molecule has 3 aromatic heterocycles. The third-order valence-electron chi connectivity index (χ3n) is 3.07. The molecular weight excluding hydrogens is 272 g/mol. The van der Waals surface area contributed by atoms with Gasteiger partial charge in [0, 0.05) is 7.05 Å². The minimum Gasteiger partial charge on any atom is -0.372 e. The monoisotopic (exact) mass is 282 g/mol. The first-order valence-corrected chi connectivity index (χ1v) is 6.91. The van der Waals surface area contributed by atoms with Gasteiger partial charge in [0.25, 0.3) is 0 Å². The van der Waals surface area contributed by atoms with Crippen LogP contribution < -0.4 is 5.32 Å². The van der Waals surface area contributed by atoms with Crippen LogP contribution in [0.2, 0.25) is 0 Å². The second kappa shape index (κ2) is 4.24. The van der Waals surface area contributed by atoms with Gasteiger partial charge < -0.3 is 5.32 Å². The highest BCUT2D eigenvalue weighted by Gasteiger charge is 2.13. The van der Waals surface area contributed by atoms with E-state index >= 15 is 0 Å². The van der Waals surface area contributed by atoms with Crippen molar-refractivity contribution >= 4 is 38.4 Å². The van der Waals surface area contributed by atoms with Gasteiger partial charge in [0.1, 0.15) is 12.1 Å². The van der Waals surface area contributed by atoms with Crippen molar-refractivity contribution in [3.8, 4) is 5.13 Å². The Bertz CT molecular complexity index is 876. The first kappa shape index (κ1) is 11.3. The molecule has 0 aliphatic heterocycles. The maximum absolute atomic E-state index is 4.60. The Balaban J connectivity index is 1.98. The van der Waals surface area contributed by atoms with Crippen LogP contribution in [-0.4, -0.2) is 31.8 Å². The lowest BCUT2D eigenvalue weighted by Crippen LogP contribution is -1.98. The predicted octanol–water partition coefficient (Wildman–Crippen LogP) is 2.47. The molecule has 1 aromatic carbocycles. The number of fused-ring (bicyclic) bond motifs is 2. The van der Waals surface area contributed by atoms with Gasteiger partial charge in [0.2, 0.25) is 5.13 Å². The van der Waals surface area contributed by atoms with E-state index in [2.05, 4.69) is 31.4 Å². The Morgan fingerprint density at radius 2 is 2.10 bits per heavy atom. The number of anilines is 1. The molecule has 0 atom stereocenters. The Kier molecular flexibility index (Phi) is 2.40. The third-order valence-corrected chi connectivity index (χ3v) is 4.08. The van der Waals surface area contributed by atoms with E-state index in [-0.39, 0.29) is 0 Å². The summed E-state index contributed by atoms with van der Waals surface area (Å²) < 4.78 is 2.89. The average Bonchev–Trinajstić information content (AvgIpc) is 3.09. The first-order chi connectivity index (χ1) is 9.86. The summed E-state index contributed by atoms with van der Waals surface area (Å²) in [7, 11) is 1.83. The largest absolute Gasteiger partial charge is 0.372 e. The van der Waals surface area contributed by atoms with E-state index in [0.29, 0.717) is 0 Å². The summed E-state index contributed by atoms with van der Waals surface area (Å²) >= 11 is 1.59. The molecule has 6 nitrogen and oxygen atoms in total. The summed E-state index contributed by atoms with van der Waals surface area (Å²) in [5.74, 6) is 0.766. The Morgan fingerprint density at radius 3 is 2.95 bits per heavy atom. The first-order valence-electron chi connectivity index (χ1n) is 6.09. The van der Waals surface area contributed by atoms with Crippen molar-refractivity contribution in [1.29, 1.82) is 0 Å². The fourth-order valence-corrected chi connectivity index (χ4v) is 3.06. The van der Waals surface area contributed by atoms with Gasteiger partial charge in [-0.2, -0.15) is 9.78 Å². The van der Waals surface area contributed by atoms with Crippen LogP contribution >= 0.6 is 11.3 Å². The summed E-state index contributed by atoms with van der Waals surface area (Å²) in [6.07, 6.45) is 3.28. The number of rotatable bonds is 2. The number of nitrogens with one attached hydrogen (secondary N) is 1. The molecule has 1 N–H and O–H groups in total. The third kappa shape index (κ3) is 1.56. The van der Waals surface area contributed by atoms with Crippen molar-refractivity contribution in [3.63, 3.8) is 0 Å². The quantitative estimate of drug-likeness (QED) is 0.611. The van der Waals surface area contributed by atoms with Crippen molar-refractivity contribution in [3.05, 3.63) is 36.8 Å². The molecule has 0 fully saturated rings. The second-order valence-corrected chi connectivity index (χ2v) is 5.24. The normalized spacial score (nSPS) is 11.2. The fraction of sp³-hybridized carbons (Fsp3) is 0.0769. The summed E-state index contributed by atoms with van der Waals surface area (Å²) in [4.78, 5) is 13.1. The zero-order valence-electron chi connectivity index (χ0n) is 10.6. The Labute approximate surface area is 118 Å². The number of thiazole rings is 1.